The molecule has 23 nitrogen and oxygen atoms in total. The van der Waals surface area contributed by atoms with Gasteiger partial charge >= 0.3 is 11.9 Å². The summed E-state index contributed by atoms with van der Waals surface area (Å²) in [6.07, 6.45) is -0.176. The molecule has 7 atom stereocenters. The van der Waals surface area contributed by atoms with Crippen LogP contribution in [0, 0.1) is 5.92 Å². The SMILES string of the molecule is CC(C)C[C@H](NC(=O)[C@H](CS)NC(=O)[C@H](CCCN=C(N)N)NC(=O)[C@@H](N)CS)C(=O)N[C@@H](Cc1c[nH]c2ccccc12)C(=O)N[C@@H](CC(=O)O)C(=O)N[C@@H](CCC(N)=O)C(=O)O. The molecule has 348 valence electrons. The molecule has 0 aliphatic heterocycles. The molecule has 17 N–H and O–H groups in total. The van der Waals surface area contributed by atoms with Crippen molar-refractivity contribution in [1.82, 2.24) is 36.9 Å². The summed E-state index contributed by atoms with van der Waals surface area (Å²) in [4.78, 5) is 123. The van der Waals surface area contributed by atoms with Crippen LogP contribution in [0.3, 0.4) is 0 Å². The van der Waals surface area contributed by atoms with Gasteiger partial charge in [0, 0.05) is 48.0 Å². The summed E-state index contributed by atoms with van der Waals surface area (Å²) in [7, 11) is 0. The number of H-pyrrole nitrogens is 1. The number of aliphatic carboxylic acids is 2. The number of hydrogen-bond acceptors (Lipinski definition) is 13. The first-order valence-corrected chi connectivity index (χ1v) is 21.1. The van der Waals surface area contributed by atoms with Crippen LogP contribution in [0.2, 0.25) is 0 Å². The predicted molar refractivity (Wildman–Crippen MR) is 237 cm³/mol. The minimum absolute atomic E-state index is 0.0171. The zero-order valence-electron chi connectivity index (χ0n) is 34.8. The lowest BCUT2D eigenvalue weighted by Gasteiger charge is -2.27. The highest BCUT2D eigenvalue weighted by Crippen LogP contribution is 2.20. The van der Waals surface area contributed by atoms with Crippen LogP contribution in [-0.2, 0) is 49.6 Å². The molecule has 0 aliphatic rings. The molecule has 2 aromatic rings. The number of carbonyl (C=O) groups is 9. The number of nitrogens with one attached hydrogen (secondary N) is 7. The Morgan fingerprint density at radius 3 is 1.83 bits per heavy atom. The maximum absolute atomic E-state index is 14.1. The van der Waals surface area contributed by atoms with Gasteiger partial charge in [-0.25, -0.2) is 4.79 Å². The lowest BCUT2D eigenvalue weighted by molar-refractivity contribution is -0.144. The Hall–Kier alpha value is -6.08. The van der Waals surface area contributed by atoms with Gasteiger partial charge in [0.05, 0.1) is 12.5 Å². The molecule has 1 heterocycles. The minimum Gasteiger partial charge on any atom is -0.481 e. The third kappa shape index (κ3) is 18.4. The van der Waals surface area contributed by atoms with Crippen molar-refractivity contribution in [2.24, 2.45) is 33.8 Å². The molecule has 0 fully saturated rings. The fourth-order valence-corrected chi connectivity index (χ4v) is 6.47. The number of primary amides is 1. The Kier molecular flexibility index (Phi) is 22.2. The van der Waals surface area contributed by atoms with E-state index < -0.39 is 115 Å². The van der Waals surface area contributed by atoms with Gasteiger partial charge < -0.3 is 70.0 Å². The van der Waals surface area contributed by atoms with Crippen LogP contribution in [0.15, 0.2) is 35.5 Å². The Morgan fingerprint density at radius 1 is 0.698 bits per heavy atom. The van der Waals surface area contributed by atoms with Crippen LogP contribution < -0.4 is 54.8 Å². The molecule has 0 saturated heterocycles. The summed E-state index contributed by atoms with van der Waals surface area (Å²) >= 11 is 8.25. The van der Waals surface area contributed by atoms with Gasteiger partial charge in [0.2, 0.25) is 41.4 Å². The molecule has 63 heavy (non-hydrogen) atoms. The summed E-state index contributed by atoms with van der Waals surface area (Å²) in [5.41, 5.74) is 22.9. The lowest BCUT2D eigenvalue weighted by atomic mass is 10.00. The molecule has 0 aliphatic carbocycles. The number of nitrogens with two attached hydrogens (primary N) is 4. The maximum Gasteiger partial charge on any atom is 0.326 e. The first-order chi connectivity index (χ1) is 29.7. The summed E-state index contributed by atoms with van der Waals surface area (Å²) in [6.45, 7) is 3.64. The third-order valence-electron chi connectivity index (χ3n) is 9.31. The number of thiol groups is 2. The molecule has 1 aromatic carbocycles. The topological polar surface area (TPSA) is 398 Å². The molecule has 0 unspecified atom stereocenters. The highest BCUT2D eigenvalue weighted by atomic mass is 32.1. The largest absolute Gasteiger partial charge is 0.481 e. The van der Waals surface area contributed by atoms with Gasteiger partial charge in [0.25, 0.3) is 0 Å². The first-order valence-electron chi connectivity index (χ1n) is 19.8. The molecular weight excluding hydrogens is 865 g/mol. The van der Waals surface area contributed by atoms with Gasteiger partial charge in [-0.2, -0.15) is 25.3 Å². The number of aliphatic imine (C=N–C) groups is 1. The number of guanidine groups is 1. The molecule has 0 spiro atoms. The van der Waals surface area contributed by atoms with Crippen LogP contribution in [0.25, 0.3) is 10.9 Å². The smallest absolute Gasteiger partial charge is 0.326 e. The fourth-order valence-electron chi connectivity index (χ4n) is 6.05. The number of fused-ring (bicyclic) bond motifs is 1. The van der Waals surface area contributed by atoms with Gasteiger partial charge in [-0.15, -0.1) is 0 Å². The average molecular weight is 923 g/mol. The number of nitrogens with zero attached hydrogens (tertiary/aromatic N) is 1. The molecular formula is C38H58N12O11S2. The van der Waals surface area contributed by atoms with Crippen molar-refractivity contribution < 1.29 is 53.4 Å². The summed E-state index contributed by atoms with van der Waals surface area (Å²) < 4.78 is 0. The number of para-hydroxylation sites is 1. The lowest BCUT2D eigenvalue weighted by Crippen LogP contribution is -2.60. The van der Waals surface area contributed by atoms with Gasteiger partial charge in [-0.05, 0) is 43.2 Å². The maximum atomic E-state index is 14.1. The van der Waals surface area contributed by atoms with E-state index in [0.717, 1.165) is 0 Å². The van der Waals surface area contributed by atoms with Crippen LogP contribution >= 0.6 is 25.3 Å². The highest BCUT2D eigenvalue weighted by Gasteiger charge is 2.35. The number of amides is 7. The summed E-state index contributed by atoms with van der Waals surface area (Å²) in [5.74, 6) is -10.1. The molecule has 7 amide bonds. The standard InChI is InChI=1S/C38H58N12O11S2/c1-18(2)12-25(47-36(59)28(17-63)50-32(55)23(8-5-11-43-38(41)42)45-31(54)21(39)16-62)33(56)48-26(13-19-15-44-22-7-4-3-6-20(19)22)34(57)49-27(14-30(52)53)35(58)46-24(37(60)61)9-10-29(40)51/h3-4,6-7,15,18,21,23-28,44,62-63H,5,8-14,16-17,39H2,1-2H3,(H2,40,51)(H,45,54)(H,46,58)(H,47,59)(H,48,56)(H,49,57)(H,50,55)(H,52,53)(H,60,61)(H4,41,42,43)/t21-,23-,24-,25-,26-,27-,28-/m0/s1. The number of rotatable bonds is 28. The third-order valence-corrected chi connectivity index (χ3v) is 10.1. The molecule has 25 heteroatoms. The number of aromatic nitrogens is 1. The van der Waals surface area contributed by atoms with Crippen molar-refractivity contribution >= 4 is 95.4 Å². The van der Waals surface area contributed by atoms with Gasteiger partial charge in [0.15, 0.2) is 5.96 Å². The van der Waals surface area contributed by atoms with Crippen LogP contribution in [0.5, 0.6) is 0 Å². The quantitative estimate of drug-likeness (QED) is 0.0172. The molecule has 2 rings (SSSR count). The van der Waals surface area contributed by atoms with Crippen molar-refractivity contribution in [2.75, 3.05) is 18.1 Å². The number of aromatic amines is 1. The number of hydrogen-bond donors (Lipinski definition) is 15. The van der Waals surface area contributed by atoms with E-state index in [2.05, 4.69) is 67.1 Å². The Balaban J connectivity index is 2.42. The van der Waals surface area contributed by atoms with E-state index >= 15 is 0 Å². The van der Waals surface area contributed by atoms with E-state index in [-0.39, 0.29) is 55.6 Å². The Bertz CT molecular complexity index is 1980. The summed E-state index contributed by atoms with van der Waals surface area (Å²) in [5, 5.41) is 34.6. The molecule has 0 radical (unpaired) electrons. The number of carboxylic acids is 2. The second-order valence-corrected chi connectivity index (χ2v) is 15.7. The van der Waals surface area contributed by atoms with E-state index in [0.29, 0.717) is 16.5 Å². The van der Waals surface area contributed by atoms with Crippen LogP contribution in [0.4, 0.5) is 0 Å². The first kappa shape index (κ1) is 53.1. The molecule has 0 bridgehead atoms. The second-order valence-electron chi connectivity index (χ2n) is 14.9. The van der Waals surface area contributed by atoms with E-state index in [1.807, 2.05) is 0 Å². The van der Waals surface area contributed by atoms with Crippen molar-refractivity contribution in [3.63, 3.8) is 0 Å². The molecule has 1 aromatic heterocycles. The number of carbonyl (C=O) groups excluding carboxylic acids is 7. The van der Waals surface area contributed by atoms with Crippen molar-refractivity contribution in [3.05, 3.63) is 36.0 Å². The zero-order chi connectivity index (χ0) is 47.4. The molecule has 0 saturated carbocycles. The van der Waals surface area contributed by atoms with Crippen molar-refractivity contribution in [2.45, 2.75) is 101 Å². The van der Waals surface area contributed by atoms with E-state index in [1.54, 1.807) is 44.3 Å². The van der Waals surface area contributed by atoms with Gasteiger partial charge in [-0.3, -0.25) is 43.3 Å². The number of benzene rings is 1. The Labute approximate surface area is 373 Å². The highest BCUT2D eigenvalue weighted by molar-refractivity contribution is 7.80. The van der Waals surface area contributed by atoms with E-state index in [1.165, 1.54) is 0 Å². The monoisotopic (exact) mass is 922 g/mol. The Morgan fingerprint density at radius 2 is 1.24 bits per heavy atom. The van der Waals surface area contributed by atoms with Crippen LogP contribution in [-0.4, -0.2) is 135 Å². The average Bonchev–Trinajstić information content (AvgIpc) is 3.62. The minimum atomic E-state index is -1.85. The van der Waals surface area contributed by atoms with Crippen molar-refractivity contribution in [1.29, 1.82) is 0 Å². The zero-order valence-corrected chi connectivity index (χ0v) is 36.6. The van der Waals surface area contributed by atoms with Crippen LogP contribution in [0.1, 0.15) is 57.9 Å². The van der Waals surface area contributed by atoms with Gasteiger partial charge in [0.1, 0.15) is 36.3 Å². The van der Waals surface area contributed by atoms with E-state index in [9.17, 15) is 53.4 Å². The predicted octanol–water partition coefficient (Wildman–Crippen LogP) is -3.27. The summed E-state index contributed by atoms with van der Waals surface area (Å²) in [6, 6.07) is -2.95. The van der Waals surface area contributed by atoms with Crippen molar-refractivity contribution in [3.8, 4) is 0 Å². The normalized spacial score (nSPS) is 14.4. The van der Waals surface area contributed by atoms with Gasteiger partial charge in [-0.1, -0.05) is 32.0 Å². The number of carboxylic acid groups (broad SMARTS) is 2. The fraction of sp³-hybridized carbons (Fsp3) is 0.526. The second kappa shape index (κ2) is 26.4. The van der Waals surface area contributed by atoms with E-state index in [4.69, 9.17) is 22.9 Å².